The van der Waals surface area contributed by atoms with Crippen molar-refractivity contribution in [1.82, 2.24) is 65.2 Å². The van der Waals surface area contributed by atoms with Gasteiger partial charge in [0.2, 0.25) is 0 Å². The average Bonchev–Trinajstić information content (AvgIpc) is 1.61. The molecule has 5 aliphatic rings. The van der Waals surface area contributed by atoms with Gasteiger partial charge in [0, 0.05) is 105 Å². The van der Waals surface area contributed by atoms with Crippen LogP contribution in [0.5, 0.6) is 17.2 Å². The molecule has 0 radical (unpaired) electrons. The van der Waals surface area contributed by atoms with E-state index in [2.05, 4.69) is 118 Å². The van der Waals surface area contributed by atoms with E-state index < -0.39 is 0 Å². The number of ether oxygens (including phenoxy) is 3. The number of amides is 5. The van der Waals surface area contributed by atoms with Gasteiger partial charge < -0.3 is 61.2 Å². The molecule has 7 N–H and O–H groups in total. The molecule has 12 aromatic rings. The third-order valence-electron chi connectivity index (χ3n) is 20.3. The molecular formula is C89H89Br2N17O8. The van der Waals surface area contributed by atoms with Crippen molar-refractivity contribution in [3.8, 4) is 17.2 Å². The van der Waals surface area contributed by atoms with Crippen LogP contribution >= 0.6 is 31.9 Å². The predicted octanol–water partition coefficient (Wildman–Crippen LogP) is 17.4. The van der Waals surface area contributed by atoms with Crippen molar-refractivity contribution >= 4 is 102 Å². The Bertz CT molecular complexity index is 5430. The van der Waals surface area contributed by atoms with Crippen molar-refractivity contribution in [3.63, 3.8) is 0 Å². The SMILES string of the molecule is COc1ccc(CN2C(=O)c3c(C)cc(Br)cc3C2C)cc1.COc1ccc(CN2C(=O)c3c(C)cc(Nc4ccncn4)cc3C2C)cc1.COc1ccc(CN2Cc3cc(Br)cc(C)c3C2=O)cc1.Cc1cc(Nc2ccncn2)cc2c1C(=O)NC2C.Cc1cc(Nc2ccncn2)cc2c1C(=O)NC2C.Nc1ccncn1. The van der Waals surface area contributed by atoms with Gasteiger partial charge in [0.1, 0.15) is 65.8 Å². The van der Waals surface area contributed by atoms with E-state index in [0.29, 0.717) is 32.0 Å². The van der Waals surface area contributed by atoms with E-state index >= 15 is 0 Å². The number of aromatic nitrogens is 8. The molecule has 5 amide bonds. The summed E-state index contributed by atoms with van der Waals surface area (Å²) in [6, 6.07) is 50.8. The summed E-state index contributed by atoms with van der Waals surface area (Å²) in [4.78, 5) is 99.2. The zero-order valence-corrected chi connectivity index (χ0v) is 69.5. The molecule has 592 valence electrons. The summed E-state index contributed by atoms with van der Waals surface area (Å²) < 4.78 is 17.6. The summed E-state index contributed by atoms with van der Waals surface area (Å²) in [5, 5.41) is 15.6. The number of benzene rings is 8. The number of anilines is 7. The Morgan fingerprint density at radius 3 is 1.11 bits per heavy atom. The number of hydrogen-bond acceptors (Lipinski definition) is 20. The highest BCUT2D eigenvalue weighted by Gasteiger charge is 2.38. The first kappa shape index (κ1) is 82.4. The second-order valence-corrected chi connectivity index (χ2v) is 30.2. The number of carbonyl (C=O) groups is 5. The predicted molar refractivity (Wildman–Crippen MR) is 455 cm³/mol. The number of carbonyl (C=O) groups excluding carboxylic acids is 5. The number of aryl methyl sites for hydroxylation is 5. The standard InChI is InChI=1S/C22H22N4O2.C18H18BrNO2.C17H16BrNO2.2C14H14N4O.C4H5N3/c1-14-10-17(25-20-8-9-23-13-24-20)11-19-15(2)26(22(27)21(14)19)12-16-4-6-18(28-3)7-5-16;1-11-8-14(19)9-16-12(2)20(18(21)17(11)16)10-13-4-6-15(22-3)7-5-13;1-11-7-14(18)8-13-10-19(17(20)16(11)13)9-12-3-5-15(21-2)6-4-12;2*1-8-5-10(18-12-3-4-15-7-16-12)6-11-9(2)17-14(19)13(8)11;5-4-1-2-6-3-7-4/h4-11,13,15H,12H2,1-3H3,(H,23,24,25);4-9,12H,10H2,1-3H3;3-8H,9-10H2,1-2H3;2*3-7,9H,1-2H3,(H,17,19)(H,15,16,18);1-3H,(H2,5,6,7). The third-order valence-corrected chi connectivity index (χ3v) is 21.2. The lowest BCUT2D eigenvalue weighted by atomic mass is 10.00. The monoisotopic (exact) mass is 1680 g/mol. The topological polar surface area (TPSA) is 312 Å². The molecule has 0 bridgehead atoms. The van der Waals surface area contributed by atoms with Crippen LogP contribution in [0.15, 0.2) is 217 Å². The fourth-order valence-electron chi connectivity index (χ4n) is 14.5. The zero-order chi connectivity index (χ0) is 82.4. The minimum Gasteiger partial charge on any atom is -0.497 e. The second-order valence-electron chi connectivity index (χ2n) is 28.3. The average molecular weight is 1680 g/mol. The van der Waals surface area contributed by atoms with E-state index in [-0.39, 0.29) is 53.7 Å². The van der Waals surface area contributed by atoms with Crippen LogP contribution in [0.4, 0.5) is 40.3 Å². The number of methoxy groups -OCH3 is 3. The van der Waals surface area contributed by atoms with Crippen molar-refractivity contribution in [3.05, 3.63) is 317 Å². The second kappa shape index (κ2) is 37.3. The van der Waals surface area contributed by atoms with Gasteiger partial charge in [0.15, 0.2) is 0 Å². The quantitative estimate of drug-likeness (QED) is 0.0555. The Morgan fingerprint density at radius 2 is 0.750 bits per heavy atom. The van der Waals surface area contributed by atoms with Gasteiger partial charge in [-0.05, 0) is 256 Å². The molecular weight excluding hydrogens is 1590 g/mol. The molecule has 0 saturated carbocycles. The first-order valence-electron chi connectivity index (χ1n) is 37.4. The van der Waals surface area contributed by atoms with E-state index in [9.17, 15) is 24.0 Å². The lowest BCUT2D eigenvalue weighted by molar-refractivity contribution is 0.0715. The fourth-order valence-corrected chi connectivity index (χ4v) is 15.7. The lowest BCUT2D eigenvalue weighted by Crippen LogP contribution is -2.26. The number of rotatable bonds is 15. The summed E-state index contributed by atoms with van der Waals surface area (Å²) in [6.07, 6.45) is 12.6. The van der Waals surface area contributed by atoms with Gasteiger partial charge in [-0.2, -0.15) is 0 Å². The highest BCUT2D eigenvalue weighted by Crippen LogP contribution is 2.42. The summed E-state index contributed by atoms with van der Waals surface area (Å²) >= 11 is 7.02. The maximum absolute atomic E-state index is 13.1. The summed E-state index contributed by atoms with van der Waals surface area (Å²) in [5.41, 5.74) is 25.6. The lowest BCUT2D eigenvalue weighted by Gasteiger charge is -2.22. The molecule has 0 spiro atoms. The van der Waals surface area contributed by atoms with E-state index in [1.165, 1.54) is 25.3 Å². The van der Waals surface area contributed by atoms with Crippen LogP contribution in [0, 0.1) is 34.6 Å². The molecule has 4 atom stereocenters. The van der Waals surface area contributed by atoms with E-state index in [1.54, 1.807) is 64.3 Å². The number of fused-ring (bicyclic) bond motifs is 5. The van der Waals surface area contributed by atoms with Crippen LogP contribution in [-0.4, -0.2) is 105 Å². The maximum atomic E-state index is 13.1. The number of nitrogens with two attached hydrogens (primary N) is 1. The maximum Gasteiger partial charge on any atom is 0.255 e. The highest BCUT2D eigenvalue weighted by atomic mass is 79.9. The number of halogens is 2. The Labute approximate surface area is 690 Å². The molecule has 27 heteroatoms. The number of nitrogen functional groups attached to an aromatic ring is 1. The van der Waals surface area contributed by atoms with Crippen LogP contribution in [0.2, 0.25) is 0 Å². The van der Waals surface area contributed by atoms with E-state index in [0.717, 1.165) is 161 Å². The zero-order valence-electron chi connectivity index (χ0n) is 66.3. The van der Waals surface area contributed by atoms with Gasteiger partial charge in [-0.3, -0.25) is 24.0 Å². The van der Waals surface area contributed by atoms with Gasteiger partial charge >= 0.3 is 0 Å². The van der Waals surface area contributed by atoms with Crippen molar-refractivity contribution in [2.75, 3.05) is 43.0 Å². The van der Waals surface area contributed by atoms with Gasteiger partial charge in [-0.1, -0.05) is 68.3 Å². The first-order chi connectivity index (χ1) is 55.8. The van der Waals surface area contributed by atoms with Crippen LogP contribution < -0.4 is 46.5 Å². The highest BCUT2D eigenvalue weighted by molar-refractivity contribution is 9.10. The van der Waals surface area contributed by atoms with Crippen molar-refractivity contribution in [2.45, 2.75) is 113 Å². The van der Waals surface area contributed by atoms with Crippen molar-refractivity contribution in [2.24, 2.45) is 0 Å². The van der Waals surface area contributed by atoms with Crippen molar-refractivity contribution in [1.29, 1.82) is 0 Å². The summed E-state index contributed by atoms with van der Waals surface area (Å²) in [6.45, 7) is 20.4. The van der Waals surface area contributed by atoms with Gasteiger partial charge in [-0.15, -0.1) is 0 Å². The number of hydrogen-bond donors (Lipinski definition) is 6. The molecule has 9 heterocycles. The molecule has 17 rings (SSSR count). The van der Waals surface area contributed by atoms with Crippen LogP contribution in [0.25, 0.3) is 0 Å². The first-order valence-corrected chi connectivity index (χ1v) is 39.0. The number of nitrogens with one attached hydrogen (secondary N) is 5. The van der Waals surface area contributed by atoms with Crippen LogP contribution in [0.3, 0.4) is 0 Å². The molecule has 4 aromatic heterocycles. The third kappa shape index (κ3) is 19.6. The van der Waals surface area contributed by atoms with Gasteiger partial charge in [-0.25, -0.2) is 39.9 Å². The van der Waals surface area contributed by atoms with Crippen LogP contribution in [-0.2, 0) is 26.2 Å². The fraction of sp³-hybridized carbons (Fsp3) is 0.225. The molecule has 0 fully saturated rings. The van der Waals surface area contributed by atoms with E-state index in [4.69, 9.17) is 19.9 Å². The Balaban J connectivity index is 0.000000132. The molecule has 116 heavy (non-hydrogen) atoms. The number of nitrogens with zero attached hydrogens (tertiary/aromatic N) is 11. The Kier molecular flexibility index (Phi) is 26.5. The van der Waals surface area contributed by atoms with Crippen LogP contribution in [0.1, 0.15) is 176 Å². The smallest absolute Gasteiger partial charge is 0.255 e. The largest absolute Gasteiger partial charge is 0.497 e. The summed E-state index contributed by atoms with van der Waals surface area (Å²) in [5.74, 6) is 5.49. The molecule has 25 nitrogen and oxygen atoms in total. The minimum atomic E-state index is -0.00421. The minimum absolute atomic E-state index is 0.00421. The molecule has 0 aliphatic carbocycles. The normalized spacial score (nSPS) is 15.4. The molecule has 5 aliphatic heterocycles. The Hall–Kier alpha value is -13.0. The molecule has 0 saturated heterocycles. The van der Waals surface area contributed by atoms with Gasteiger partial charge in [0.05, 0.1) is 45.5 Å². The molecule has 4 unspecified atom stereocenters. The molecule has 8 aromatic carbocycles. The Morgan fingerprint density at radius 1 is 0.405 bits per heavy atom. The van der Waals surface area contributed by atoms with E-state index in [1.807, 2.05) is 197 Å². The van der Waals surface area contributed by atoms with Gasteiger partial charge in [0.25, 0.3) is 29.5 Å². The summed E-state index contributed by atoms with van der Waals surface area (Å²) in [7, 11) is 4.95. The van der Waals surface area contributed by atoms with Crippen molar-refractivity contribution < 1.29 is 38.2 Å².